The molecule has 4 N–H and O–H groups in total. The van der Waals surface area contributed by atoms with E-state index in [1.165, 1.54) is 6.20 Å². The number of anilines is 1. The van der Waals surface area contributed by atoms with E-state index in [1.54, 1.807) is 27.7 Å². The van der Waals surface area contributed by atoms with Crippen molar-refractivity contribution in [3.63, 3.8) is 0 Å². The van der Waals surface area contributed by atoms with Gasteiger partial charge in [-0.05, 0) is 34.1 Å². The van der Waals surface area contributed by atoms with Crippen molar-refractivity contribution in [3.05, 3.63) is 12.0 Å². The van der Waals surface area contributed by atoms with E-state index in [4.69, 9.17) is 10.4 Å². The third-order valence-corrected chi connectivity index (χ3v) is 3.52. The van der Waals surface area contributed by atoms with Gasteiger partial charge in [0.1, 0.15) is 11.6 Å². The molecule has 112 valence electrons. The quantitative estimate of drug-likeness (QED) is 0.647. The standard InChI is InChI=1S/C13H24BN3O3/c1-6-7-10-16-8-9(11(15)17-10)14(19)20-13(4,5)12(2,3)18/h8,18-19H,6-7H2,1-5H3,(H2,15,16,17). The Kier molecular flexibility index (Phi) is 5.12. The summed E-state index contributed by atoms with van der Waals surface area (Å²) in [6.45, 7) is 8.64. The molecule has 1 aromatic rings. The van der Waals surface area contributed by atoms with E-state index in [9.17, 15) is 10.1 Å². The predicted molar refractivity (Wildman–Crippen MR) is 79.5 cm³/mol. The molecular weight excluding hydrogens is 257 g/mol. The Balaban J connectivity index is 2.90. The molecule has 0 aliphatic carbocycles. The minimum absolute atomic E-state index is 0.197. The highest BCUT2D eigenvalue weighted by atomic mass is 16.5. The molecule has 0 unspecified atom stereocenters. The lowest BCUT2D eigenvalue weighted by molar-refractivity contribution is -0.0982. The SMILES string of the molecule is CCCc1ncc(B(O)OC(C)(C)C(C)(C)O)c(N)n1. The molecule has 1 aromatic heterocycles. The molecule has 7 heteroatoms. The summed E-state index contributed by atoms with van der Waals surface area (Å²) in [4.78, 5) is 8.29. The molecule has 0 aromatic carbocycles. The second-order valence-corrected chi connectivity index (χ2v) is 5.92. The molecule has 0 fully saturated rings. The Bertz CT molecular complexity index is 461. The molecule has 0 amide bonds. The fourth-order valence-corrected chi connectivity index (χ4v) is 1.46. The van der Waals surface area contributed by atoms with Crippen LogP contribution < -0.4 is 11.2 Å². The largest absolute Gasteiger partial charge is 0.497 e. The average molecular weight is 281 g/mol. The summed E-state index contributed by atoms with van der Waals surface area (Å²) in [7, 11) is -1.29. The van der Waals surface area contributed by atoms with Crippen molar-refractivity contribution in [1.82, 2.24) is 9.97 Å². The van der Waals surface area contributed by atoms with Gasteiger partial charge in [-0.25, -0.2) is 9.97 Å². The van der Waals surface area contributed by atoms with E-state index < -0.39 is 18.3 Å². The molecule has 0 saturated heterocycles. The van der Waals surface area contributed by atoms with Gasteiger partial charge in [-0.15, -0.1) is 0 Å². The number of rotatable bonds is 6. The van der Waals surface area contributed by atoms with Gasteiger partial charge in [0.05, 0.1) is 11.2 Å². The van der Waals surface area contributed by atoms with Crippen LogP contribution in [0.2, 0.25) is 0 Å². The van der Waals surface area contributed by atoms with Gasteiger partial charge in [0.25, 0.3) is 0 Å². The summed E-state index contributed by atoms with van der Waals surface area (Å²) in [6.07, 6.45) is 3.12. The Morgan fingerprint density at radius 3 is 2.40 bits per heavy atom. The van der Waals surface area contributed by atoms with E-state index in [-0.39, 0.29) is 5.82 Å². The molecular formula is C13H24BN3O3. The van der Waals surface area contributed by atoms with Crippen molar-refractivity contribution in [2.45, 2.75) is 58.7 Å². The zero-order chi connectivity index (χ0) is 15.6. The Labute approximate surface area is 120 Å². The summed E-state index contributed by atoms with van der Waals surface area (Å²) in [6, 6.07) is 0. The van der Waals surface area contributed by atoms with Crippen molar-refractivity contribution in [2.75, 3.05) is 5.73 Å². The lowest BCUT2D eigenvalue weighted by Gasteiger charge is -2.38. The highest BCUT2D eigenvalue weighted by molar-refractivity contribution is 6.61. The van der Waals surface area contributed by atoms with E-state index in [1.807, 2.05) is 6.92 Å². The minimum Gasteiger partial charge on any atom is -0.423 e. The number of hydrogen-bond acceptors (Lipinski definition) is 6. The second kappa shape index (κ2) is 6.07. The molecule has 6 nitrogen and oxygen atoms in total. The van der Waals surface area contributed by atoms with Crippen molar-refractivity contribution < 1.29 is 14.8 Å². The van der Waals surface area contributed by atoms with E-state index >= 15 is 0 Å². The fourth-order valence-electron chi connectivity index (χ4n) is 1.46. The Hall–Kier alpha value is -1.18. The number of nitrogens with zero attached hydrogens (tertiary/aromatic N) is 2. The van der Waals surface area contributed by atoms with Crippen LogP contribution in [0.4, 0.5) is 5.82 Å². The molecule has 1 heterocycles. The van der Waals surface area contributed by atoms with Crippen LogP contribution in [0.25, 0.3) is 0 Å². The molecule has 0 spiro atoms. The maximum absolute atomic E-state index is 10.1. The van der Waals surface area contributed by atoms with Crippen LogP contribution in [0, 0.1) is 0 Å². The molecule has 20 heavy (non-hydrogen) atoms. The fraction of sp³-hybridized carbons (Fsp3) is 0.692. The van der Waals surface area contributed by atoms with E-state index in [2.05, 4.69) is 9.97 Å². The zero-order valence-electron chi connectivity index (χ0n) is 12.8. The molecule has 0 saturated carbocycles. The van der Waals surface area contributed by atoms with Gasteiger partial charge in [-0.3, -0.25) is 0 Å². The van der Waals surface area contributed by atoms with Gasteiger partial charge >= 0.3 is 7.12 Å². The van der Waals surface area contributed by atoms with Crippen LogP contribution in [0.1, 0.15) is 46.9 Å². The third-order valence-electron chi connectivity index (χ3n) is 3.52. The van der Waals surface area contributed by atoms with Gasteiger partial charge in [0, 0.05) is 18.1 Å². The first-order valence-electron chi connectivity index (χ1n) is 6.78. The highest BCUT2D eigenvalue weighted by Crippen LogP contribution is 2.25. The molecule has 0 aliphatic rings. The number of aliphatic hydroxyl groups is 1. The molecule has 0 radical (unpaired) electrons. The maximum atomic E-state index is 10.1. The van der Waals surface area contributed by atoms with Gasteiger partial charge in [-0.2, -0.15) is 0 Å². The Morgan fingerprint density at radius 2 is 1.95 bits per heavy atom. The minimum atomic E-state index is -1.29. The molecule has 1 rings (SSSR count). The first-order valence-corrected chi connectivity index (χ1v) is 6.78. The van der Waals surface area contributed by atoms with Crippen molar-refractivity contribution in [2.24, 2.45) is 0 Å². The van der Waals surface area contributed by atoms with Crippen LogP contribution in [-0.2, 0) is 11.1 Å². The number of nitrogen functional groups attached to an aromatic ring is 1. The maximum Gasteiger partial charge on any atom is 0.497 e. The number of aromatic nitrogens is 2. The number of hydrogen-bond donors (Lipinski definition) is 3. The van der Waals surface area contributed by atoms with Crippen LogP contribution in [-0.4, -0.2) is 38.4 Å². The summed E-state index contributed by atoms with van der Waals surface area (Å²) < 4.78 is 5.51. The van der Waals surface area contributed by atoms with Crippen molar-refractivity contribution in [1.29, 1.82) is 0 Å². The smallest absolute Gasteiger partial charge is 0.423 e. The van der Waals surface area contributed by atoms with Crippen LogP contribution in [0.15, 0.2) is 6.20 Å². The summed E-state index contributed by atoms with van der Waals surface area (Å²) >= 11 is 0. The second-order valence-electron chi connectivity index (χ2n) is 5.92. The van der Waals surface area contributed by atoms with Gasteiger partial charge < -0.3 is 20.5 Å². The van der Waals surface area contributed by atoms with Gasteiger partial charge in [-0.1, -0.05) is 6.92 Å². The van der Waals surface area contributed by atoms with Gasteiger partial charge in [0.2, 0.25) is 0 Å². The predicted octanol–water partition coefficient (Wildman–Crippen LogP) is 0.265. The van der Waals surface area contributed by atoms with Crippen LogP contribution in [0.3, 0.4) is 0 Å². The first kappa shape index (κ1) is 16.9. The molecule has 0 bridgehead atoms. The third kappa shape index (κ3) is 3.91. The highest BCUT2D eigenvalue weighted by Gasteiger charge is 2.40. The van der Waals surface area contributed by atoms with Crippen molar-refractivity contribution >= 4 is 18.4 Å². The normalized spacial score (nSPS) is 12.6. The van der Waals surface area contributed by atoms with Gasteiger partial charge in [0.15, 0.2) is 0 Å². The lowest BCUT2D eigenvalue weighted by Crippen LogP contribution is -2.53. The summed E-state index contributed by atoms with van der Waals surface area (Å²) in [5, 5.41) is 20.2. The molecule has 0 aliphatic heterocycles. The van der Waals surface area contributed by atoms with Crippen LogP contribution in [0.5, 0.6) is 0 Å². The Morgan fingerprint density at radius 1 is 1.35 bits per heavy atom. The van der Waals surface area contributed by atoms with E-state index in [0.29, 0.717) is 11.3 Å². The summed E-state index contributed by atoms with van der Waals surface area (Å²) in [5.41, 5.74) is 4.06. The molecule has 0 atom stereocenters. The zero-order valence-corrected chi connectivity index (χ0v) is 12.8. The number of nitrogens with two attached hydrogens (primary N) is 1. The topological polar surface area (TPSA) is 101 Å². The van der Waals surface area contributed by atoms with E-state index in [0.717, 1.165) is 12.8 Å². The monoisotopic (exact) mass is 281 g/mol. The summed E-state index contributed by atoms with van der Waals surface area (Å²) in [5.74, 6) is 0.838. The average Bonchev–Trinajstić information content (AvgIpc) is 2.27. The first-order chi connectivity index (χ1) is 9.08. The van der Waals surface area contributed by atoms with Crippen LogP contribution >= 0.6 is 0 Å². The lowest BCUT2D eigenvalue weighted by atomic mass is 9.77. The van der Waals surface area contributed by atoms with Crippen molar-refractivity contribution in [3.8, 4) is 0 Å². The number of aryl methyl sites for hydroxylation is 1.